The summed E-state index contributed by atoms with van der Waals surface area (Å²) in [5, 5.41) is 12.5. The Hall–Kier alpha value is -0.580. The molecule has 0 aliphatic heterocycles. The number of phenols is 1. The Labute approximate surface area is 92.2 Å². The molecule has 78 valence electrons. The van der Waals surface area contributed by atoms with Crippen molar-refractivity contribution in [3.05, 3.63) is 28.2 Å². The van der Waals surface area contributed by atoms with E-state index >= 15 is 0 Å². The molecule has 3 nitrogen and oxygen atoms in total. The summed E-state index contributed by atoms with van der Waals surface area (Å²) in [7, 11) is 1.68. The minimum atomic E-state index is 0.269. The van der Waals surface area contributed by atoms with E-state index in [0.29, 0.717) is 6.61 Å². The molecule has 1 rings (SSSR count). The highest BCUT2D eigenvalue weighted by Gasteiger charge is 1.98. The summed E-state index contributed by atoms with van der Waals surface area (Å²) in [6.07, 6.45) is 0. The number of methoxy groups -OCH3 is 1. The summed E-state index contributed by atoms with van der Waals surface area (Å²) >= 11 is 3.27. The van der Waals surface area contributed by atoms with Crippen molar-refractivity contribution in [1.82, 2.24) is 5.32 Å². The van der Waals surface area contributed by atoms with Crippen LogP contribution in [0.15, 0.2) is 22.7 Å². The van der Waals surface area contributed by atoms with Crippen LogP contribution in [0.1, 0.15) is 5.56 Å². The number of benzene rings is 1. The number of halogens is 1. The van der Waals surface area contributed by atoms with Gasteiger partial charge in [0, 0.05) is 20.2 Å². The second kappa shape index (κ2) is 6.01. The number of rotatable bonds is 5. The molecule has 0 fully saturated rings. The number of hydrogen-bond donors (Lipinski definition) is 2. The zero-order valence-corrected chi connectivity index (χ0v) is 9.67. The highest BCUT2D eigenvalue weighted by molar-refractivity contribution is 9.10. The lowest BCUT2D eigenvalue weighted by atomic mass is 10.2. The third-order valence-electron chi connectivity index (χ3n) is 1.82. The smallest absolute Gasteiger partial charge is 0.129 e. The fraction of sp³-hybridized carbons (Fsp3) is 0.400. The fourth-order valence-electron chi connectivity index (χ4n) is 1.07. The SMILES string of the molecule is COCCNCc1ccc(O)c(Br)c1. The van der Waals surface area contributed by atoms with Crippen LogP contribution in [0.2, 0.25) is 0 Å². The molecule has 14 heavy (non-hydrogen) atoms. The minimum absolute atomic E-state index is 0.269. The quantitative estimate of drug-likeness (QED) is 0.794. The van der Waals surface area contributed by atoms with Crippen molar-refractivity contribution in [2.75, 3.05) is 20.3 Å². The molecule has 0 radical (unpaired) electrons. The largest absolute Gasteiger partial charge is 0.507 e. The minimum Gasteiger partial charge on any atom is -0.507 e. The van der Waals surface area contributed by atoms with Crippen LogP contribution in [0.5, 0.6) is 5.75 Å². The highest BCUT2D eigenvalue weighted by atomic mass is 79.9. The van der Waals surface area contributed by atoms with Crippen molar-refractivity contribution in [3.63, 3.8) is 0 Å². The van der Waals surface area contributed by atoms with E-state index in [2.05, 4.69) is 21.2 Å². The van der Waals surface area contributed by atoms with Gasteiger partial charge in [-0.3, -0.25) is 0 Å². The molecule has 0 aromatic heterocycles. The number of nitrogens with one attached hydrogen (secondary N) is 1. The summed E-state index contributed by atoms with van der Waals surface area (Å²) in [4.78, 5) is 0. The van der Waals surface area contributed by atoms with Crippen LogP contribution >= 0.6 is 15.9 Å². The lowest BCUT2D eigenvalue weighted by Gasteiger charge is -2.05. The monoisotopic (exact) mass is 259 g/mol. The topological polar surface area (TPSA) is 41.5 Å². The van der Waals surface area contributed by atoms with E-state index in [0.717, 1.165) is 23.1 Å². The van der Waals surface area contributed by atoms with E-state index in [-0.39, 0.29) is 5.75 Å². The van der Waals surface area contributed by atoms with Crippen molar-refractivity contribution in [3.8, 4) is 5.75 Å². The molecule has 0 unspecified atom stereocenters. The fourth-order valence-corrected chi connectivity index (χ4v) is 1.49. The molecule has 0 aliphatic carbocycles. The maximum atomic E-state index is 9.27. The van der Waals surface area contributed by atoms with Gasteiger partial charge in [-0.2, -0.15) is 0 Å². The molecule has 0 saturated carbocycles. The molecule has 1 aromatic carbocycles. The van der Waals surface area contributed by atoms with E-state index in [1.165, 1.54) is 0 Å². The van der Waals surface area contributed by atoms with Gasteiger partial charge in [0.2, 0.25) is 0 Å². The number of hydrogen-bond acceptors (Lipinski definition) is 3. The van der Waals surface area contributed by atoms with Crippen LogP contribution in [0.4, 0.5) is 0 Å². The van der Waals surface area contributed by atoms with Gasteiger partial charge in [0.1, 0.15) is 5.75 Å². The second-order valence-corrected chi connectivity index (χ2v) is 3.81. The predicted molar refractivity (Wildman–Crippen MR) is 59.4 cm³/mol. The normalized spacial score (nSPS) is 10.4. The van der Waals surface area contributed by atoms with Gasteiger partial charge in [0.05, 0.1) is 11.1 Å². The Kier molecular flexibility index (Phi) is 4.93. The maximum absolute atomic E-state index is 9.27. The lowest BCUT2D eigenvalue weighted by molar-refractivity contribution is 0.199. The van der Waals surface area contributed by atoms with Crippen LogP contribution in [0.25, 0.3) is 0 Å². The van der Waals surface area contributed by atoms with E-state index in [1.807, 2.05) is 12.1 Å². The van der Waals surface area contributed by atoms with Gasteiger partial charge in [-0.25, -0.2) is 0 Å². The molecule has 0 aliphatic rings. The first-order chi connectivity index (χ1) is 6.74. The van der Waals surface area contributed by atoms with Gasteiger partial charge >= 0.3 is 0 Å². The third kappa shape index (κ3) is 3.65. The first-order valence-corrected chi connectivity index (χ1v) is 5.20. The average molecular weight is 260 g/mol. The first-order valence-electron chi connectivity index (χ1n) is 4.41. The van der Waals surface area contributed by atoms with Crippen molar-refractivity contribution in [2.24, 2.45) is 0 Å². The Morgan fingerprint density at radius 1 is 1.50 bits per heavy atom. The summed E-state index contributed by atoms with van der Waals surface area (Å²) in [6, 6.07) is 5.46. The molecular formula is C10H14BrNO2. The molecule has 0 saturated heterocycles. The average Bonchev–Trinajstić information content (AvgIpc) is 2.18. The molecule has 4 heteroatoms. The number of aromatic hydroxyl groups is 1. The van der Waals surface area contributed by atoms with Crippen molar-refractivity contribution in [1.29, 1.82) is 0 Å². The Morgan fingerprint density at radius 2 is 2.29 bits per heavy atom. The summed E-state index contributed by atoms with van der Waals surface area (Å²) < 4.78 is 5.64. The van der Waals surface area contributed by atoms with E-state index < -0.39 is 0 Å². The van der Waals surface area contributed by atoms with E-state index in [1.54, 1.807) is 13.2 Å². The van der Waals surface area contributed by atoms with Crippen LogP contribution in [0.3, 0.4) is 0 Å². The van der Waals surface area contributed by atoms with Crippen molar-refractivity contribution < 1.29 is 9.84 Å². The summed E-state index contributed by atoms with van der Waals surface area (Å²) in [6.45, 7) is 2.32. The van der Waals surface area contributed by atoms with Crippen molar-refractivity contribution >= 4 is 15.9 Å². The third-order valence-corrected chi connectivity index (χ3v) is 2.46. The summed E-state index contributed by atoms with van der Waals surface area (Å²) in [5.41, 5.74) is 1.13. The first kappa shape index (κ1) is 11.5. The second-order valence-electron chi connectivity index (χ2n) is 2.96. The standard InChI is InChI=1S/C10H14BrNO2/c1-14-5-4-12-7-8-2-3-10(13)9(11)6-8/h2-3,6,12-13H,4-5,7H2,1H3. The molecular weight excluding hydrogens is 246 g/mol. The molecule has 0 spiro atoms. The molecule has 0 atom stereocenters. The Morgan fingerprint density at radius 3 is 2.93 bits per heavy atom. The van der Waals surface area contributed by atoms with Crippen molar-refractivity contribution in [2.45, 2.75) is 6.54 Å². The molecule has 0 heterocycles. The number of ether oxygens (including phenoxy) is 1. The highest BCUT2D eigenvalue weighted by Crippen LogP contribution is 2.23. The molecule has 1 aromatic rings. The lowest BCUT2D eigenvalue weighted by Crippen LogP contribution is -2.18. The molecule has 0 amide bonds. The molecule has 0 bridgehead atoms. The maximum Gasteiger partial charge on any atom is 0.129 e. The Bertz CT molecular complexity index is 291. The zero-order chi connectivity index (χ0) is 10.4. The van der Waals surface area contributed by atoms with Gasteiger partial charge < -0.3 is 15.2 Å². The van der Waals surface area contributed by atoms with Crippen LogP contribution in [0, 0.1) is 0 Å². The van der Waals surface area contributed by atoms with Crippen LogP contribution < -0.4 is 5.32 Å². The van der Waals surface area contributed by atoms with Gasteiger partial charge in [-0.05, 0) is 33.6 Å². The van der Waals surface area contributed by atoms with E-state index in [9.17, 15) is 5.11 Å². The van der Waals surface area contributed by atoms with Crippen LogP contribution in [-0.2, 0) is 11.3 Å². The summed E-state index contributed by atoms with van der Waals surface area (Å²) in [5.74, 6) is 0.269. The number of phenolic OH excluding ortho intramolecular Hbond substituents is 1. The van der Waals surface area contributed by atoms with Gasteiger partial charge in [-0.1, -0.05) is 6.07 Å². The predicted octanol–water partition coefficient (Wildman–Crippen LogP) is 1.89. The van der Waals surface area contributed by atoms with Gasteiger partial charge in [-0.15, -0.1) is 0 Å². The zero-order valence-electron chi connectivity index (χ0n) is 8.09. The molecule has 2 N–H and O–H groups in total. The van der Waals surface area contributed by atoms with Gasteiger partial charge in [0.15, 0.2) is 0 Å². The van der Waals surface area contributed by atoms with E-state index in [4.69, 9.17) is 4.74 Å². The van der Waals surface area contributed by atoms with Gasteiger partial charge in [0.25, 0.3) is 0 Å². The van der Waals surface area contributed by atoms with Crippen LogP contribution in [-0.4, -0.2) is 25.4 Å². The Balaban J connectivity index is 2.39.